The normalized spacial score (nSPS) is 10.4. The number of carbonyl (C=O) groups is 1. The molecule has 0 fully saturated rings. The summed E-state index contributed by atoms with van der Waals surface area (Å²) in [5.74, 6) is 0.349. The maximum absolute atomic E-state index is 13.7. The number of carbonyl (C=O) groups excluding carboxylic acids is 1. The minimum Gasteiger partial charge on any atom is -0.462 e. The molecule has 0 aliphatic heterocycles. The quantitative estimate of drug-likeness (QED) is 0.548. The molecule has 1 aromatic heterocycles. The highest BCUT2D eigenvalue weighted by molar-refractivity contribution is 5.96. The van der Waals surface area contributed by atoms with Crippen LogP contribution in [0.1, 0.15) is 28.5 Å². The van der Waals surface area contributed by atoms with Gasteiger partial charge in [-0.15, -0.1) is 0 Å². The van der Waals surface area contributed by atoms with E-state index in [1.807, 2.05) is 19.1 Å². The van der Waals surface area contributed by atoms with Gasteiger partial charge in [0.2, 0.25) is 5.95 Å². The van der Waals surface area contributed by atoms with E-state index < -0.39 is 5.97 Å². The maximum Gasteiger partial charge on any atom is 0.340 e. The van der Waals surface area contributed by atoms with Crippen molar-refractivity contribution < 1.29 is 13.9 Å². The number of esters is 1. The number of ether oxygens (including phenoxy) is 1. The number of halogens is 1. The molecule has 1 heterocycles. The summed E-state index contributed by atoms with van der Waals surface area (Å²) in [6, 6.07) is 15.5. The average Bonchev–Trinajstić information content (AvgIpc) is 2.70. The third-order valence-corrected chi connectivity index (χ3v) is 4.17. The summed E-state index contributed by atoms with van der Waals surface area (Å²) in [6.07, 6.45) is 0.512. The Morgan fingerprint density at radius 3 is 2.66 bits per heavy atom. The van der Waals surface area contributed by atoms with Gasteiger partial charge in [0.25, 0.3) is 0 Å². The van der Waals surface area contributed by atoms with Gasteiger partial charge in [-0.05, 0) is 44.0 Å². The molecule has 0 aliphatic rings. The predicted octanol–water partition coefficient (Wildman–Crippen LogP) is 4.50. The zero-order chi connectivity index (χ0) is 20.6. The van der Waals surface area contributed by atoms with Crippen LogP contribution < -0.4 is 10.6 Å². The smallest absolute Gasteiger partial charge is 0.340 e. The molecule has 0 atom stereocenters. The van der Waals surface area contributed by atoms with Gasteiger partial charge in [0.15, 0.2) is 0 Å². The van der Waals surface area contributed by atoms with Gasteiger partial charge in [0.1, 0.15) is 11.6 Å². The van der Waals surface area contributed by atoms with Crippen LogP contribution in [0.3, 0.4) is 0 Å². The number of rotatable bonds is 8. The molecule has 7 heteroatoms. The van der Waals surface area contributed by atoms with Gasteiger partial charge >= 0.3 is 5.97 Å². The topological polar surface area (TPSA) is 76.1 Å². The lowest BCUT2D eigenvalue weighted by molar-refractivity contribution is 0.0527. The van der Waals surface area contributed by atoms with Crippen LogP contribution in [0.5, 0.6) is 0 Å². The van der Waals surface area contributed by atoms with E-state index in [0.717, 1.165) is 5.69 Å². The molecule has 0 aliphatic carbocycles. The molecular formula is C22H23FN4O2. The highest BCUT2D eigenvalue weighted by atomic mass is 19.1. The minimum absolute atomic E-state index is 0.225. The molecule has 2 N–H and O–H groups in total. The van der Waals surface area contributed by atoms with E-state index in [1.54, 1.807) is 43.3 Å². The Hall–Kier alpha value is -3.48. The molecule has 6 nitrogen and oxygen atoms in total. The fraction of sp³-hybridized carbons (Fsp3) is 0.227. The molecule has 0 bridgehead atoms. The van der Waals surface area contributed by atoms with Crippen molar-refractivity contribution in [3.05, 3.63) is 77.2 Å². The van der Waals surface area contributed by atoms with Gasteiger partial charge in [-0.2, -0.15) is 4.98 Å². The number of hydrogen-bond donors (Lipinski definition) is 2. The third-order valence-electron chi connectivity index (χ3n) is 4.17. The number of nitrogens with one attached hydrogen (secondary N) is 2. The number of aromatic nitrogens is 2. The Labute approximate surface area is 169 Å². The van der Waals surface area contributed by atoms with Crippen molar-refractivity contribution in [3.8, 4) is 0 Å². The molecule has 2 aromatic carbocycles. The van der Waals surface area contributed by atoms with Crippen molar-refractivity contribution in [2.24, 2.45) is 0 Å². The molecular weight excluding hydrogens is 371 g/mol. The zero-order valence-corrected chi connectivity index (χ0v) is 16.4. The first-order valence-corrected chi connectivity index (χ1v) is 9.43. The Balaban J connectivity index is 1.71. The first kappa shape index (κ1) is 20.3. The predicted molar refractivity (Wildman–Crippen MR) is 111 cm³/mol. The first-order valence-electron chi connectivity index (χ1n) is 9.43. The summed E-state index contributed by atoms with van der Waals surface area (Å²) in [6.45, 7) is 4.41. The fourth-order valence-corrected chi connectivity index (χ4v) is 2.84. The summed E-state index contributed by atoms with van der Waals surface area (Å²) in [7, 11) is 0. The molecule has 0 spiro atoms. The second kappa shape index (κ2) is 9.64. The molecule has 3 rings (SSSR count). The van der Waals surface area contributed by atoms with Gasteiger partial charge in [-0.3, -0.25) is 0 Å². The van der Waals surface area contributed by atoms with Crippen LogP contribution >= 0.6 is 0 Å². The Kier molecular flexibility index (Phi) is 6.73. The lowest BCUT2D eigenvalue weighted by atomic mass is 10.1. The van der Waals surface area contributed by atoms with E-state index in [1.165, 1.54) is 6.07 Å². The summed E-state index contributed by atoms with van der Waals surface area (Å²) >= 11 is 0. The van der Waals surface area contributed by atoms with Crippen LogP contribution in [0.2, 0.25) is 0 Å². The Morgan fingerprint density at radius 1 is 1.10 bits per heavy atom. The molecule has 3 aromatic rings. The number of anilines is 3. The number of aryl methyl sites for hydroxylation is 1. The summed E-state index contributed by atoms with van der Waals surface area (Å²) < 4.78 is 18.8. The Morgan fingerprint density at radius 2 is 1.86 bits per heavy atom. The van der Waals surface area contributed by atoms with Crippen molar-refractivity contribution in [3.63, 3.8) is 0 Å². The number of benzene rings is 2. The summed E-state index contributed by atoms with van der Waals surface area (Å²) in [4.78, 5) is 21.0. The van der Waals surface area contributed by atoms with E-state index in [4.69, 9.17) is 4.74 Å². The fourth-order valence-electron chi connectivity index (χ4n) is 2.84. The zero-order valence-electron chi connectivity index (χ0n) is 16.4. The van der Waals surface area contributed by atoms with Crippen molar-refractivity contribution in [1.29, 1.82) is 0 Å². The van der Waals surface area contributed by atoms with Gasteiger partial charge < -0.3 is 15.4 Å². The highest BCUT2D eigenvalue weighted by Gasteiger charge is 2.13. The molecule has 0 saturated heterocycles. The minimum atomic E-state index is -0.399. The second-order valence-corrected chi connectivity index (χ2v) is 6.38. The SMILES string of the molecule is CCOC(=O)c1ccccc1Nc1cc(C)nc(NCCc2ccccc2F)n1. The molecule has 0 amide bonds. The van der Waals surface area contributed by atoms with Crippen molar-refractivity contribution >= 4 is 23.4 Å². The van der Waals surface area contributed by atoms with Crippen LogP contribution in [-0.4, -0.2) is 29.1 Å². The van der Waals surface area contributed by atoms with E-state index in [9.17, 15) is 9.18 Å². The molecule has 29 heavy (non-hydrogen) atoms. The lowest BCUT2D eigenvalue weighted by Crippen LogP contribution is -2.11. The number of para-hydroxylation sites is 1. The number of nitrogens with zero attached hydrogens (tertiary/aromatic N) is 2. The second-order valence-electron chi connectivity index (χ2n) is 6.38. The monoisotopic (exact) mass is 394 g/mol. The largest absolute Gasteiger partial charge is 0.462 e. The van der Waals surface area contributed by atoms with Gasteiger partial charge in [0, 0.05) is 18.3 Å². The Bertz CT molecular complexity index is 994. The van der Waals surface area contributed by atoms with E-state index in [-0.39, 0.29) is 5.82 Å². The standard InChI is InChI=1S/C22H23FN4O2/c1-3-29-21(28)17-9-5-7-11-19(17)26-20-14-15(2)25-22(27-20)24-13-12-16-8-4-6-10-18(16)23/h4-11,14H,3,12-13H2,1-2H3,(H2,24,25,26,27). The molecule has 0 saturated carbocycles. The van der Waals surface area contributed by atoms with E-state index >= 15 is 0 Å². The van der Waals surface area contributed by atoms with E-state index in [0.29, 0.717) is 48.2 Å². The van der Waals surface area contributed by atoms with Crippen LogP contribution in [0.25, 0.3) is 0 Å². The van der Waals surface area contributed by atoms with Crippen LogP contribution in [0.4, 0.5) is 21.8 Å². The van der Waals surface area contributed by atoms with Crippen molar-refractivity contribution in [2.45, 2.75) is 20.3 Å². The summed E-state index contributed by atoms with van der Waals surface area (Å²) in [5.41, 5.74) is 2.42. The van der Waals surface area contributed by atoms with Gasteiger partial charge in [0.05, 0.1) is 17.9 Å². The summed E-state index contributed by atoms with van der Waals surface area (Å²) in [5, 5.41) is 6.28. The molecule has 0 radical (unpaired) electrons. The van der Waals surface area contributed by atoms with Crippen LogP contribution in [-0.2, 0) is 11.2 Å². The average molecular weight is 394 g/mol. The van der Waals surface area contributed by atoms with Crippen LogP contribution in [0, 0.1) is 12.7 Å². The lowest BCUT2D eigenvalue weighted by Gasteiger charge is -2.13. The van der Waals surface area contributed by atoms with Crippen molar-refractivity contribution in [1.82, 2.24) is 9.97 Å². The maximum atomic E-state index is 13.7. The molecule has 0 unspecified atom stereocenters. The molecule has 150 valence electrons. The van der Waals surface area contributed by atoms with Gasteiger partial charge in [-0.25, -0.2) is 14.2 Å². The first-order chi connectivity index (χ1) is 14.1. The van der Waals surface area contributed by atoms with Crippen LogP contribution in [0.15, 0.2) is 54.6 Å². The third kappa shape index (κ3) is 5.51. The van der Waals surface area contributed by atoms with E-state index in [2.05, 4.69) is 20.6 Å². The van der Waals surface area contributed by atoms with Crippen molar-refractivity contribution in [2.75, 3.05) is 23.8 Å². The highest BCUT2D eigenvalue weighted by Crippen LogP contribution is 2.22. The van der Waals surface area contributed by atoms with Gasteiger partial charge in [-0.1, -0.05) is 30.3 Å². The number of hydrogen-bond acceptors (Lipinski definition) is 6.